The minimum absolute atomic E-state index is 0.375. The van der Waals surface area contributed by atoms with Gasteiger partial charge in [0.2, 0.25) is 0 Å². The second-order valence-electron chi connectivity index (χ2n) is 8.72. The molecule has 0 aliphatic heterocycles. The van der Waals surface area contributed by atoms with Crippen molar-refractivity contribution in [1.29, 1.82) is 5.26 Å². The number of ether oxygens (including phenoxy) is 1. The number of nitriles is 1. The van der Waals surface area contributed by atoms with E-state index in [1.54, 1.807) is 17.2 Å². The molecule has 0 radical (unpaired) electrons. The number of hydrogen-bond acceptors (Lipinski definition) is 8. The van der Waals surface area contributed by atoms with E-state index in [4.69, 9.17) is 10.00 Å². The van der Waals surface area contributed by atoms with Crippen LogP contribution in [-0.4, -0.2) is 60.8 Å². The van der Waals surface area contributed by atoms with Gasteiger partial charge in [-0.25, -0.2) is 15.0 Å². The summed E-state index contributed by atoms with van der Waals surface area (Å²) in [5.74, 6) is 1.47. The number of nitrogens with zero attached hydrogens (tertiary/aromatic N) is 8. The molecule has 0 aliphatic rings. The summed E-state index contributed by atoms with van der Waals surface area (Å²) in [5, 5.41) is 16.4. The van der Waals surface area contributed by atoms with Gasteiger partial charge >= 0.3 is 0 Å². The Morgan fingerprint density at radius 3 is 2.70 bits per heavy atom. The average molecular weight is 494 g/mol. The molecule has 4 aromatic heterocycles. The van der Waals surface area contributed by atoms with Crippen LogP contribution in [-0.2, 0) is 13.6 Å². The molecule has 0 bridgehead atoms. The topological polar surface area (TPSA) is 109 Å². The molecule has 0 saturated heterocycles. The third-order valence-electron chi connectivity index (χ3n) is 5.96. The molecule has 1 aromatic carbocycles. The number of pyridine rings is 1. The first-order chi connectivity index (χ1) is 18.1. The van der Waals surface area contributed by atoms with E-state index in [1.165, 1.54) is 0 Å². The van der Waals surface area contributed by atoms with Crippen LogP contribution in [0.5, 0.6) is 5.75 Å². The summed E-state index contributed by atoms with van der Waals surface area (Å²) in [6.07, 6.45) is 9.13. The molecule has 10 heteroatoms. The number of rotatable bonds is 10. The molecule has 0 atom stereocenters. The molecule has 0 fully saturated rings. The molecule has 0 amide bonds. The van der Waals surface area contributed by atoms with Crippen LogP contribution in [0, 0.1) is 11.3 Å². The van der Waals surface area contributed by atoms with Gasteiger partial charge in [-0.15, -0.1) is 0 Å². The Hall–Kier alpha value is -4.75. The van der Waals surface area contributed by atoms with Crippen LogP contribution in [0.4, 0.5) is 5.82 Å². The number of aromatic nitrogens is 6. The van der Waals surface area contributed by atoms with Gasteiger partial charge in [0.15, 0.2) is 0 Å². The number of fused-ring (bicyclic) bond motifs is 1. The third kappa shape index (κ3) is 5.74. The highest BCUT2D eigenvalue weighted by molar-refractivity contribution is 5.64. The molecule has 5 rings (SSSR count). The number of imidazole rings is 1. The zero-order valence-corrected chi connectivity index (χ0v) is 20.7. The van der Waals surface area contributed by atoms with E-state index >= 15 is 0 Å². The Morgan fingerprint density at radius 2 is 1.92 bits per heavy atom. The summed E-state index contributed by atoms with van der Waals surface area (Å²) in [7, 11) is 3.80. The zero-order valence-electron chi connectivity index (χ0n) is 20.7. The molecule has 37 heavy (non-hydrogen) atoms. The smallest absolute Gasteiger partial charge is 0.140 e. The van der Waals surface area contributed by atoms with Crippen LogP contribution in [0.15, 0.2) is 73.6 Å². The van der Waals surface area contributed by atoms with E-state index in [9.17, 15) is 0 Å². The van der Waals surface area contributed by atoms with Gasteiger partial charge in [-0.05, 0) is 24.2 Å². The van der Waals surface area contributed by atoms with Crippen LogP contribution < -0.4 is 10.1 Å². The number of benzene rings is 1. The molecular weight excluding hydrogens is 466 g/mol. The monoisotopic (exact) mass is 493 g/mol. The van der Waals surface area contributed by atoms with Gasteiger partial charge in [0, 0.05) is 50.2 Å². The molecule has 0 unspecified atom stereocenters. The van der Waals surface area contributed by atoms with Crippen molar-refractivity contribution < 1.29 is 4.74 Å². The summed E-state index contributed by atoms with van der Waals surface area (Å²) >= 11 is 0. The lowest BCUT2D eigenvalue weighted by Gasteiger charge is -2.13. The zero-order chi connectivity index (χ0) is 25.6. The van der Waals surface area contributed by atoms with E-state index in [-0.39, 0.29) is 0 Å². The number of likely N-dealkylation sites (N-methyl/N-ethyl adjacent to an activating group) is 1. The van der Waals surface area contributed by atoms with Gasteiger partial charge in [0.05, 0.1) is 36.4 Å². The molecule has 0 saturated carbocycles. The van der Waals surface area contributed by atoms with Gasteiger partial charge in [-0.1, -0.05) is 24.3 Å². The molecule has 0 spiro atoms. The summed E-state index contributed by atoms with van der Waals surface area (Å²) in [5.41, 5.74) is 5.77. The van der Waals surface area contributed by atoms with E-state index < -0.39 is 0 Å². The van der Waals surface area contributed by atoms with Crippen LogP contribution in [0.25, 0.3) is 28.2 Å². The minimum Gasteiger partial charge on any atom is -0.492 e. The van der Waals surface area contributed by atoms with Gasteiger partial charge in [-0.3, -0.25) is 14.0 Å². The summed E-state index contributed by atoms with van der Waals surface area (Å²) < 4.78 is 9.60. The summed E-state index contributed by atoms with van der Waals surface area (Å²) in [6, 6.07) is 16.2. The lowest BCUT2D eigenvalue weighted by Crippen LogP contribution is -2.24. The first-order valence-corrected chi connectivity index (χ1v) is 11.9. The van der Waals surface area contributed by atoms with Crippen molar-refractivity contribution in [1.82, 2.24) is 34.0 Å². The van der Waals surface area contributed by atoms with Crippen LogP contribution in [0.3, 0.4) is 0 Å². The maximum Gasteiger partial charge on any atom is 0.140 e. The Morgan fingerprint density at radius 1 is 1.05 bits per heavy atom. The van der Waals surface area contributed by atoms with Crippen LogP contribution in [0.1, 0.15) is 5.56 Å². The fourth-order valence-electron chi connectivity index (χ4n) is 3.93. The lowest BCUT2D eigenvalue weighted by molar-refractivity contribution is 0.251. The lowest BCUT2D eigenvalue weighted by atomic mass is 10.1. The van der Waals surface area contributed by atoms with Crippen molar-refractivity contribution in [3.8, 4) is 34.3 Å². The van der Waals surface area contributed by atoms with Crippen LogP contribution in [0.2, 0.25) is 0 Å². The Balaban J connectivity index is 1.23. The van der Waals surface area contributed by atoms with Crippen molar-refractivity contribution in [2.45, 2.75) is 6.54 Å². The van der Waals surface area contributed by atoms with E-state index in [0.29, 0.717) is 26.2 Å². The minimum atomic E-state index is 0.375. The molecule has 1 N–H and O–H groups in total. The molecular formula is C27H27N9O. The number of hydrogen-bond donors (Lipinski definition) is 1. The van der Waals surface area contributed by atoms with Gasteiger partial charge < -0.3 is 10.1 Å². The average Bonchev–Trinajstić information content (AvgIpc) is 3.54. The predicted octanol–water partition coefficient (Wildman–Crippen LogP) is 3.64. The summed E-state index contributed by atoms with van der Waals surface area (Å²) in [6.45, 7) is 2.18. The van der Waals surface area contributed by atoms with Crippen molar-refractivity contribution in [3.05, 3.63) is 79.1 Å². The Kier molecular flexibility index (Phi) is 7.05. The maximum atomic E-state index is 8.75. The number of anilines is 1. The maximum absolute atomic E-state index is 8.75. The van der Waals surface area contributed by atoms with Gasteiger partial charge in [-0.2, -0.15) is 10.4 Å². The number of aryl methyl sites for hydroxylation is 1. The number of nitrogens with one attached hydrogen (secondary N) is 1. The fourth-order valence-corrected chi connectivity index (χ4v) is 3.93. The molecule has 5 aromatic rings. The summed E-state index contributed by atoms with van der Waals surface area (Å²) in [4.78, 5) is 15.3. The second-order valence-corrected chi connectivity index (χ2v) is 8.72. The fraction of sp³-hybridized carbons (Fsp3) is 0.222. The quantitative estimate of drug-likeness (QED) is 0.294. The Bertz CT molecular complexity index is 1530. The van der Waals surface area contributed by atoms with Crippen molar-refractivity contribution in [3.63, 3.8) is 0 Å². The van der Waals surface area contributed by atoms with Gasteiger partial charge in [0.1, 0.15) is 30.1 Å². The standard InChI is InChI=1S/C27H27N9O/c1-34(10-8-28)11-12-37-23-7-9-36-25(17-30-27(36)13-23)24-14-26(32-19-31-24)29-15-20-3-5-21(6-4-20)22-16-33-35(2)18-22/h3-7,9,13-14,16-19H,10-12,15H2,1-2H3,(H,29,31,32). The van der Waals surface area contributed by atoms with Crippen molar-refractivity contribution in [2.75, 3.05) is 32.1 Å². The molecule has 0 aliphatic carbocycles. The van der Waals surface area contributed by atoms with E-state index in [0.717, 1.165) is 45.3 Å². The van der Waals surface area contributed by atoms with Crippen molar-refractivity contribution >= 4 is 11.5 Å². The first-order valence-electron chi connectivity index (χ1n) is 11.9. The Labute approximate surface area is 214 Å². The molecule has 4 heterocycles. The van der Waals surface area contributed by atoms with E-state index in [1.807, 2.05) is 60.2 Å². The first kappa shape index (κ1) is 24.0. The van der Waals surface area contributed by atoms with E-state index in [2.05, 4.69) is 55.7 Å². The third-order valence-corrected chi connectivity index (χ3v) is 5.96. The largest absolute Gasteiger partial charge is 0.492 e. The van der Waals surface area contributed by atoms with Crippen LogP contribution >= 0.6 is 0 Å². The second kappa shape index (κ2) is 10.9. The predicted molar refractivity (Wildman–Crippen MR) is 141 cm³/mol. The highest BCUT2D eigenvalue weighted by atomic mass is 16.5. The SMILES string of the molecule is CN(CC#N)CCOc1ccn2c(-c3cc(NCc4ccc(-c5cnn(C)c5)cc4)ncn3)cnc2c1. The van der Waals surface area contributed by atoms with Crippen molar-refractivity contribution in [2.24, 2.45) is 7.05 Å². The normalized spacial score (nSPS) is 11.1. The molecule has 186 valence electrons. The highest BCUT2D eigenvalue weighted by Crippen LogP contribution is 2.24. The highest BCUT2D eigenvalue weighted by Gasteiger charge is 2.10. The molecule has 10 nitrogen and oxygen atoms in total. The van der Waals surface area contributed by atoms with Gasteiger partial charge in [0.25, 0.3) is 0 Å².